The second kappa shape index (κ2) is 10.5. The summed E-state index contributed by atoms with van der Waals surface area (Å²) in [5.74, 6) is 0.166. The van der Waals surface area contributed by atoms with E-state index in [0.717, 1.165) is 16.9 Å². The van der Waals surface area contributed by atoms with Gasteiger partial charge in [0.25, 0.3) is 5.91 Å². The first-order chi connectivity index (χ1) is 14.5. The van der Waals surface area contributed by atoms with Gasteiger partial charge < -0.3 is 15.4 Å². The fraction of sp³-hybridized carbons (Fsp3) is 0.167. The predicted molar refractivity (Wildman–Crippen MR) is 117 cm³/mol. The molecule has 2 N–H and O–H groups in total. The highest BCUT2D eigenvalue weighted by Gasteiger charge is 2.17. The van der Waals surface area contributed by atoms with Gasteiger partial charge in [-0.05, 0) is 42.3 Å². The normalized spacial score (nSPS) is 11.4. The molecule has 1 atom stereocenters. The van der Waals surface area contributed by atoms with Crippen molar-refractivity contribution in [2.24, 2.45) is 0 Å². The Kier molecular flexibility index (Phi) is 7.46. The van der Waals surface area contributed by atoms with Crippen LogP contribution < -0.4 is 15.4 Å². The van der Waals surface area contributed by atoms with Gasteiger partial charge in [-0.25, -0.2) is 0 Å². The molecule has 0 spiro atoms. The smallest absolute Gasteiger partial charge is 0.253 e. The molecule has 3 rings (SSSR count). The lowest BCUT2D eigenvalue weighted by Crippen LogP contribution is -2.44. The molecule has 3 aromatic carbocycles. The van der Waals surface area contributed by atoms with Crippen molar-refractivity contribution < 1.29 is 14.3 Å². The van der Waals surface area contributed by atoms with Crippen molar-refractivity contribution in [1.29, 1.82) is 0 Å². The highest BCUT2D eigenvalue weighted by Crippen LogP contribution is 2.15. The minimum atomic E-state index is -0.688. The summed E-state index contributed by atoms with van der Waals surface area (Å²) in [6, 6.07) is 23.5. The largest absolute Gasteiger partial charge is 0.489 e. The predicted octanol–water partition coefficient (Wildman–Crippen LogP) is 4.35. The third kappa shape index (κ3) is 6.09. The van der Waals surface area contributed by atoms with E-state index >= 15 is 0 Å². The lowest BCUT2D eigenvalue weighted by Gasteiger charge is -2.15. The summed E-state index contributed by atoms with van der Waals surface area (Å²) in [4.78, 5) is 24.6. The number of para-hydroxylation sites is 1. The topological polar surface area (TPSA) is 67.4 Å². The highest BCUT2D eigenvalue weighted by molar-refractivity contribution is 6.33. The first-order valence-electron chi connectivity index (χ1n) is 9.61. The third-order valence-corrected chi connectivity index (χ3v) is 4.83. The Labute approximate surface area is 181 Å². The molecule has 0 aliphatic rings. The van der Waals surface area contributed by atoms with Crippen LogP contribution in [-0.2, 0) is 17.9 Å². The zero-order valence-electron chi connectivity index (χ0n) is 16.6. The molecule has 154 valence electrons. The maximum absolute atomic E-state index is 12.3. The monoisotopic (exact) mass is 422 g/mol. The minimum Gasteiger partial charge on any atom is -0.489 e. The minimum absolute atomic E-state index is 0.271. The Bertz CT molecular complexity index is 991. The van der Waals surface area contributed by atoms with E-state index in [2.05, 4.69) is 10.6 Å². The van der Waals surface area contributed by atoms with Gasteiger partial charge in [0.2, 0.25) is 5.91 Å². The number of hydrogen-bond acceptors (Lipinski definition) is 3. The Morgan fingerprint density at radius 3 is 2.23 bits per heavy atom. The molecular weight excluding hydrogens is 400 g/mol. The van der Waals surface area contributed by atoms with Crippen molar-refractivity contribution >= 4 is 23.4 Å². The Morgan fingerprint density at radius 2 is 1.53 bits per heavy atom. The summed E-state index contributed by atoms with van der Waals surface area (Å²) in [6.07, 6.45) is 0. The van der Waals surface area contributed by atoms with E-state index < -0.39 is 6.04 Å². The first kappa shape index (κ1) is 21.4. The number of ether oxygens (including phenoxy) is 1. The molecule has 3 aromatic rings. The number of rotatable bonds is 8. The molecule has 0 saturated carbocycles. The standard InChI is InChI=1S/C24H23ClN2O3/c1-17(27-24(29)21-9-5-6-10-22(21)25)23(28)26-15-18-11-13-19(14-12-18)16-30-20-7-3-2-4-8-20/h2-14,17H,15-16H2,1H3,(H,26,28)(H,27,29). The van der Waals surface area contributed by atoms with Crippen LogP contribution in [0.2, 0.25) is 5.02 Å². The van der Waals surface area contributed by atoms with Crippen LogP contribution >= 0.6 is 11.6 Å². The van der Waals surface area contributed by atoms with E-state index in [4.69, 9.17) is 16.3 Å². The molecule has 6 heteroatoms. The molecule has 0 heterocycles. The summed E-state index contributed by atoms with van der Waals surface area (Å²) in [7, 11) is 0. The van der Waals surface area contributed by atoms with Gasteiger partial charge in [0, 0.05) is 6.54 Å². The van der Waals surface area contributed by atoms with Gasteiger partial charge in [-0.3, -0.25) is 9.59 Å². The zero-order valence-corrected chi connectivity index (χ0v) is 17.4. The van der Waals surface area contributed by atoms with Crippen LogP contribution in [0.25, 0.3) is 0 Å². The van der Waals surface area contributed by atoms with Gasteiger partial charge in [0.15, 0.2) is 0 Å². The molecule has 5 nitrogen and oxygen atoms in total. The third-order valence-electron chi connectivity index (χ3n) is 4.50. The molecule has 0 fully saturated rings. The van der Waals surface area contributed by atoms with Gasteiger partial charge >= 0.3 is 0 Å². The van der Waals surface area contributed by atoms with Crippen LogP contribution in [0.4, 0.5) is 0 Å². The second-order valence-electron chi connectivity index (χ2n) is 6.81. The van der Waals surface area contributed by atoms with Crippen LogP contribution in [0.15, 0.2) is 78.9 Å². The van der Waals surface area contributed by atoms with Crippen LogP contribution in [0, 0.1) is 0 Å². The zero-order chi connectivity index (χ0) is 21.3. The number of carbonyl (C=O) groups excluding carboxylic acids is 2. The van der Waals surface area contributed by atoms with Crippen LogP contribution in [0.5, 0.6) is 5.75 Å². The van der Waals surface area contributed by atoms with Crippen LogP contribution in [0.3, 0.4) is 0 Å². The van der Waals surface area contributed by atoms with Crippen molar-refractivity contribution in [2.45, 2.75) is 26.1 Å². The highest BCUT2D eigenvalue weighted by atomic mass is 35.5. The molecule has 0 bridgehead atoms. The maximum Gasteiger partial charge on any atom is 0.253 e. The number of carbonyl (C=O) groups is 2. The quantitative estimate of drug-likeness (QED) is 0.567. The first-order valence-corrected chi connectivity index (χ1v) is 9.99. The van der Waals surface area contributed by atoms with Crippen LogP contribution in [-0.4, -0.2) is 17.9 Å². The van der Waals surface area contributed by atoms with Gasteiger partial charge in [0.05, 0.1) is 10.6 Å². The van der Waals surface area contributed by atoms with E-state index in [0.29, 0.717) is 23.7 Å². The number of hydrogen-bond donors (Lipinski definition) is 2. The average molecular weight is 423 g/mol. The maximum atomic E-state index is 12.3. The van der Waals surface area contributed by atoms with E-state index in [9.17, 15) is 9.59 Å². The van der Waals surface area contributed by atoms with Gasteiger partial charge in [-0.15, -0.1) is 0 Å². The fourth-order valence-corrected chi connectivity index (χ4v) is 2.99. The van der Waals surface area contributed by atoms with Crippen LogP contribution in [0.1, 0.15) is 28.4 Å². The summed E-state index contributed by atoms with van der Waals surface area (Å²) in [5.41, 5.74) is 2.33. The fourth-order valence-electron chi connectivity index (χ4n) is 2.76. The number of halogens is 1. The van der Waals surface area contributed by atoms with Crippen molar-refractivity contribution in [3.63, 3.8) is 0 Å². The molecule has 30 heavy (non-hydrogen) atoms. The molecule has 0 saturated heterocycles. The second-order valence-corrected chi connectivity index (χ2v) is 7.22. The Balaban J connectivity index is 1.45. The van der Waals surface area contributed by atoms with Crippen molar-refractivity contribution in [3.8, 4) is 5.75 Å². The number of amides is 2. The molecule has 0 aliphatic carbocycles. The van der Waals surface area contributed by atoms with Crippen molar-refractivity contribution in [3.05, 3.63) is 101 Å². The summed E-state index contributed by atoms with van der Waals surface area (Å²) in [6.45, 7) is 2.47. The summed E-state index contributed by atoms with van der Waals surface area (Å²) in [5, 5.41) is 5.84. The molecular formula is C24H23ClN2O3. The lowest BCUT2D eigenvalue weighted by atomic mass is 10.1. The molecule has 1 unspecified atom stereocenters. The van der Waals surface area contributed by atoms with E-state index in [-0.39, 0.29) is 11.8 Å². The van der Waals surface area contributed by atoms with Crippen molar-refractivity contribution in [2.75, 3.05) is 0 Å². The van der Waals surface area contributed by atoms with E-state index in [1.807, 2.05) is 54.6 Å². The lowest BCUT2D eigenvalue weighted by molar-refractivity contribution is -0.122. The number of benzene rings is 3. The van der Waals surface area contributed by atoms with E-state index in [1.54, 1.807) is 31.2 Å². The Hall–Kier alpha value is -3.31. The molecule has 0 aromatic heterocycles. The molecule has 0 radical (unpaired) electrons. The molecule has 0 aliphatic heterocycles. The Morgan fingerprint density at radius 1 is 0.900 bits per heavy atom. The van der Waals surface area contributed by atoms with E-state index in [1.165, 1.54) is 0 Å². The summed E-state index contributed by atoms with van der Waals surface area (Å²) < 4.78 is 5.72. The number of nitrogens with one attached hydrogen (secondary N) is 2. The summed E-state index contributed by atoms with van der Waals surface area (Å²) >= 11 is 6.02. The van der Waals surface area contributed by atoms with Gasteiger partial charge in [0.1, 0.15) is 18.4 Å². The van der Waals surface area contributed by atoms with Gasteiger partial charge in [-0.2, -0.15) is 0 Å². The van der Waals surface area contributed by atoms with Crippen molar-refractivity contribution in [1.82, 2.24) is 10.6 Å². The SMILES string of the molecule is CC(NC(=O)c1ccccc1Cl)C(=O)NCc1ccc(COc2ccccc2)cc1. The molecule has 2 amide bonds. The average Bonchev–Trinajstić information content (AvgIpc) is 2.77. The van der Waals surface area contributed by atoms with Gasteiger partial charge in [-0.1, -0.05) is 66.2 Å².